The van der Waals surface area contributed by atoms with Gasteiger partial charge in [0.15, 0.2) is 5.78 Å². The summed E-state index contributed by atoms with van der Waals surface area (Å²) in [5.74, 6) is -5.26. The third kappa shape index (κ3) is 22.4. The van der Waals surface area contributed by atoms with Gasteiger partial charge in [-0.3, -0.25) is 43.2 Å². The number of likely N-dealkylation sites (N-methyl/N-ethyl adjacent to an activating group) is 1. The van der Waals surface area contributed by atoms with Crippen LogP contribution in [0.4, 0.5) is 0 Å². The zero-order chi connectivity index (χ0) is 59.8. The zero-order valence-corrected chi connectivity index (χ0v) is 49.1. The monoisotopic (exact) mass is 1120 g/mol. The van der Waals surface area contributed by atoms with Gasteiger partial charge in [0.25, 0.3) is 0 Å². The molecule has 0 heterocycles. The molecular formula is C62H91N9O10. The molecule has 0 aliphatic heterocycles. The molecule has 1 aliphatic carbocycles. The van der Waals surface area contributed by atoms with E-state index >= 15 is 0 Å². The van der Waals surface area contributed by atoms with Crippen molar-refractivity contribution in [1.82, 2.24) is 42.1 Å². The molecule has 1 fully saturated rings. The van der Waals surface area contributed by atoms with Crippen LogP contribution >= 0.6 is 0 Å². The van der Waals surface area contributed by atoms with Crippen LogP contribution in [0.15, 0.2) is 78.9 Å². The highest BCUT2D eigenvalue weighted by Crippen LogP contribution is 2.28. The summed E-state index contributed by atoms with van der Waals surface area (Å²) < 4.78 is 0. The molecule has 0 bridgehead atoms. The van der Waals surface area contributed by atoms with Gasteiger partial charge in [-0.1, -0.05) is 133 Å². The lowest BCUT2D eigenvalue weighted by Crippen LogP contribution is -2.60. The number of amides is 8. The number of nitrogens with two attached hydrogens (primary N) is 1. The quantitative estimate of drug-likeness (QED) is 0.0369. The van der Waals surface area contributed by atoms with Crippen molar-refractivity contribution >= 4 is 53.0 Å². The van der Waals surface area contributed by atoms with Crippen LogP contribution in [0.5, 0.6) is 5.75 Å². The van der Waals surface area contributed by atoms with Gasteiger partial charge in [-0.25, -0.2) is 0 Å². The van der Waals surface area contributed by atoms with Gasteiger partial charge in [0, 0.05) is 32.9 Å². The molecule has 3 aromatic rings. The fraction of sp³-hybridized carbons (Fsp3) is 0.565. The first-order valence-electron chi connectivity index (χ1n) is 28.9. The van der Waals surface area contributed by atoms with Crippen LogP contribution in [0.3, 0.4) is 0 Å². The van der Waals surface area contributed by atoms with Crippen LogP contribution in [0.25, 0.3) is 11.1 Å². The summed E-state index contributed by atoms with van der Waals surface area (Å²) in [6.45, 7) is 13.7. The van der Waals surface area contributed by atoms with Crippen molar-refractivity contribution in [1.29, 1.82) is 0 Å². The predicted molar refractivity (Wildman–Crippen MR) is 313 cm³/mol. The second kappa shape index (κ2) is 33.6. The number of unbranched alkanes of at least 4 members (excludes halogenated alkanes) is 1. The summed E-state index contributed by atoms with van der Waals surface area (Å²) in [7, 11) is 1.42. The van der Waals surface area contributed by atoms with Crippen LogP contribution in [0.2, 0.25) is 0 Å². The molecule has 19 heteroatoms. The number of carbonyl (C=O) groups excluding carboxylic acids is 9. The van der Waals surface area contributed by atoms with Crippen molar-refractivity contribution < 1.29 is 48.3 Å². The Hall–Kier alpha value is -7.15. The lowest BCUT2D eigenvalue weighted by atomic mass is 9.84. The van der Waals surface area contributed by atoms with E-state index in [1.54, 1.807) is 19.1 Å². The number of hydrogen-bond donors (Lipinski definition) is 9. The average Bonchev–Trinajstić information content (AvgIpc) is 3.45. The minimum atomic E-state index is -1.20. The number of Topliss-reactive ketones (excluding diaryl/α,β-unsaturated/α-hetero) is 1. The highest BCUT2D eigenvalue weighted by molar-refractivity contribution is 5.97. The van der Waals surface area contributed by atoms with Crippen LogP contribution in [-0.2, 0) is 56.0 Å². The van der Waals surface area contributed by atoms with Gasteiger partial charge in [-0.15, -0.1) is 0 Å². The molecule has 4 rings (SSSR count). The topological polar surface area (TPSA) is 287 Å². The van der Waals surface area contributed by atoms with E-state index in [0.717, 1.165) is 54.4 Å². The molecule has 0 unspecified atom stereocenters. The maximum atomic E-state index is 14.7. The van der Waals surface area contributed by atoms with E-state index < -0.39 is 89.6 Å². The average molecular weight is 1120 g/mol. The first-order valence-corrected chi connectivity index (χ1v) is 28.9. The van der Waals surface area contributed by atoms with E-state index in [2.05, 4.69) is 37.2 Å². The molecule has 3 aromatic carbocycles. The normalized spacial score (nSPS) is 15.6. The smallest absolute Gasteiger partial charge is 0.245 e. The summed E-state index contributed by atoms with van der Waals surface area (Å²) in [6, 6.07) is 16.3. The molecule has 1 aliphatic rings. The number of benzene rings is 3. The Labute approximate surface area is 479 Å². The standard InChI is InChI=1S/C62H91N9O10/c1-38(2)34-52(59(78)65-50(31-32-63)58(77)69-54(36-44-18-12-10-13-19-44)61(80)70-55(39(3)4)42(7)72)68-57(76)41(6)71(9)62(81)51(22-16-17-33-64-43(8)73)66-60(79)53(67-56(75)40(5)35-45-25-29-49(74)30-26-45)37-46-23-27-48(28-24-46)47-20-14-11-15-21-47/h11,14-15,20-21,23-30,38-41,44,50-55,74H,10,12-13,16-19,22,31-37,63H2,1-9H3,(H,64,73)(H,65,78)(H,66,79)(H,67,75)(H,68,76)(H,69,77)(H,70,80)/t40-,41-,50-,51-,52+,53-,54-,55-/m0/s1. The van der Waals surface area contributed by atoms with Crippen LogP contribution < -0.4 is 43.0 Å². The van der Waals surface area contributed by atoms with Crippen LogP contribution in [0.1, 0.15) is 137 Å². The van der Waals surface area contributed by atoms with E-state index in [1.165, 1.54) is 44.9 Å². The number of hydrogen-bond acceptors (Lipinski definition) is 11. The Kier molecular flexibility index (Phi) is 27.5. The SMILES string of the molecule is CC(=O)NCCCC[C@H](NC(=O)[C@H](Cc1ccc(-c2ccccc2)cc1)NC(=O)[C@@H](C)Cc1ccc(O)cc1)C(=O)N(C)[C@@H](C)C(=O)N[C@H](CC(C)C)C(=O)N[C@@H](CCN)C(=O)N[C@@H](CC1CCCCC1)C(=O)N[C@H](C(C)=O)C(C)C. The van der Waals surface area contributed by atoms with Crippen molar-refractivity contribution in [2.45, 2.75) is 181 Å². The van der Waals surface area contributed by atoms with Gasteiger partial charge < -0.3 is 53.0 Å². The minimum absolute atomic E-state index is 0.00279. The second-order valence-corrected chi connectivity index (χ2v) is 22.7. The van der Waals surface area contributed by atoms with Crippen molar-refractivity contribution in [3.05, 3.63) is 90.0 Å². The summed E-state index contributed by atoms with van der Waals surface area (Å²) in [6.07, 6.45) is 6.72. The summed E-state index contributed by atoms with van der Waals surface area (Å²) in [4.78, 5) is 125. The maximum absolute atomic E-state index is 14.7. The largest absolute Gasteiger partial charge is 0.508 e. The number of rotatable bonds is 32. The van der Waals surface area contributed by atoms with Crippen molar-refractivity contribution in [2.75, 3.05) is 20.1 Å². The van der Waals surface area contributed by atoms with Crippen LogP contribution in [-0.4, -0.2) is 125 Å². The van der Waals surface area contributed by atoms with Gasteiger partial charge in [0.1, 0.15) is 42.0 Å². The summed E-state index contributed by atoms with van der Waals surface area (Å²) >= 11 is 0. The second-order valence-electron chi connectivity index (χ2n) is 22.7. The molecule has 1 saturated carbocycles. The third-order valence-corrected chi connectivity index (χ3v) is 15.0. The molecule has 0 saturated heterocycles. The summed E-state index contributed by atoms with van der Waals surface area (Å²) in [5, 5.41) is 29.7. The molecule has 444 valence electrons. The maximum Gasteiger partial charge on any atom is 0.245 e. The Morgan fingerprint density at radius 2 is 1.11 bits per heavy atom. The number of nitrogens with zero attached hydrogens (tertiary/aromatic N) is 1. The number of phenolic OH excluding ortho intramolecular Hbond substituents is 1. The minimum Gasteiger partial charge on any atom is -0.508 e. The highest BCUT2D eigenvalue weighted by Gasteiger charge is 2.36. The predicted octanol–water partition coefficient (Wildman–Crippen LogP) is 5.15. The van der Waals surface area contributed by atoms with E-state index in [4.69, 9.17) is 5.73 Å². The van der Waals surface area contributed by atoms with E-state index in [1.807, 2.05) is 82.3 Å². The van der Waals surface area contributed by atoms with E-state index in [-0.39, 0.29) is 67.4 Å². The Bertz CT molecular complexity index is 2540. The first-order chi connectivity index (χ1) is 38.5. The molecule has 81 heavy (non-hydrogen) atoms. The van der Waals surface area contributed by atoms with E-state index in [0.29, 0.717) is 32.2 Å². The van der Waals surface area contributed by atoms with Crippen molar-refractivity contribution in [2.24, 2.45) is 29.4 Å². The molecule has 10 N–H and O–H groups in total. The zero-order valence-electron chi connectivity index (χ0n) is 49.1. The van der Waals surface area contributed by atoms with Gasteiger partial charge in [-0.2, -0.15) is 0 Å². The lowest BCUT2D eigenvalue weighted by Gasteiger charge is -2.32. The number of nitrogens with one attached hydrogen (secondary N) is 7. The number of aromatic hydroxyl groups is 1. The molecule has 19 nitrogen and oxygen atoms in total. The van der Waals surface area contributed by atoms with Crippen molar-refractivity contribution in [3.63, 3.8) is 0 Å². The Morgan fingerprint density at radius 3 is 1.70 bits per heavy atom. The third-order valence-electron chi connectivity index (χ3n) is 15.0. The molecular weight excluding hydrogens is 1030 g/mol. The Balaban J connectivity index is 1.55. The van der Waals surface area contributed by atoms with Crippen LogP contribution in [0, 0.1) is 23.7 Å². The van der Waals surface area contributed by atoms with Gasteiger partial charge in [-0.05, 0) is 117 Å². The van der Waals surface area contributed by atoms with Crippen molar-refractivity contribution in [3.8, 4) is 16.9 Å². The molecule has 0 aromatic heterocycles. The van der Waals surface area contributed by atoms with Gasteiger partial charge in [0.2, 0.25) is 47.3 Å². The lowest BCUT2D eigenvalue weighted by molar-refractivity contribution is -0.142. The highest BCUT2D eigenvalue weighted by atomic mass is 16.3. The first kappa shape index (κ1) is 66.4. The molecule has 8 amide bonds. The molecule has 8 atom stereocenters. The molecule has 0 spiro atoms. The molecule has 0 radical (unpaired) electrons. The van der Waals surface area contributed by atoms with Gasteiger partial charge in [0.05, 0.1) is 6.04 Å². The fourth-order valence-corrected chi connectivity index (χ4v) is 10.1. The number of phenols is 1. The number of carbonyl (C=O) groups is 9. The Morgan fingerprint density at radius 1 is 0.580 bits per heavy atom. The van der Waals surface area contributed by atoms with E-state index in [9.17, 15) is 48.3 Å². The summed E-state index contributed by atoms with van der Waals surface area (Å²) in [5.41, 5.74) is 9.48. The fourth-order valence-electron chi connectivity index (χ4n) is 10.1. The van der Waals surface area contributed by atoms with Gasteiger partial charge >= 0.3 is 0 Å². The number of ketones is 1.